The van der Waals surface area contributed by atoms with Crippen molar-refractivity contribution < 1.29 is 19.9 Å². The highest BCUT2D eigenvalue weighted by Gasteiger charge is 2.27. The number of aromatic nitrogens is 1. The molecule has 0 spiro atoms. The molecule has 0 aliphatic carbocycles. The normalized spacial score (nSPS) is 15.5. The van der Waals surface area contributed by atoms with Gasteiger partial charge in [0.15, 0.2) is 12.3 Å². The molecular weight excluding hydrogens is 230 g/mol. The standard InChI is InChI=1S/C14H18NO3/c1-4-11(16)10-8-7-9-15(13(18)6-3)14(10)12(17)5-2/h4-9,11-13,16-18H,1-3H2/q+1. The zero-order valence-corrected chi connectivity index (χ0v) is 10.1. The van der Waals surface area contributed by atoms with Crippen LogP contribution in [0.25, 0.3) is 0 Å². The molecular formula is C14H18NO3+. The molecule has 4 nitrogen and oxygen atoms in total. The van der Waals surface area contributed by atoms with Gasteiger partial charge in [-0.25, -0.2) is 0 Å². The molecule has 0 fully saturated rings. The molecule has 0 bridgehead atoms. The molecule has 1 aromatic rings. The molecule has 96 valence electrons. The average molecular weight is 248 g/mol. The predicted octanol–water partition coefficient (Wildman–Crippen LogP) is 1.09. The maximum absolute atomic E-state index is 9.95. The Balaban J connectivity index is 3.48. The largest absolute Gasteiger partial charge is 0.384 e. The fraction of sp³-hybridized carbons (Fsp3) is 0.214. The van der Waals surface area contributed by atoms with E-state index in [0.29, 0.717) is 11.3 Å². The van der Waals surface area contributed by atoms with Crippen LogP contribution in [-0.4, -0.2) is 15.3 Å². The van der Waals surface area contributed by atoms with Crippen LogP contribution in [0, 0.1) is 0 Å². The molecule has 18 heavy (non-hydrogen) atoms. The van der Waals surface area contributed by atoms with E-state index in [-0.39, 0.29) is 0 Å². The average Bonchev–Trinajstić information content (AvgIpc) is 2.43. The topological polar surface area (TPSA) is 64.6 Å². The van der Waals surface area contributed by atoms with Gasteiger partial charge in [0, 0.05) is 12.1 Å². The number of hydrogen-bond donors (Lipinski definition) is 3. The molecule has 0 aliphatic heterocycles. The summed E-state index contributed by atoms with van der Waals surface area (Å²) < 4.78 is 1.42. The molecule has 3 atom stereocenters. The SMILES string of the molecule is C=CC(O)c1ccc[n+](C(O)C=C)c1C(O)C=C. The van der Waals surface area contributed by atoms with Gasteiger partial charge in [-0.3, -0.25) is 0 Å². The molecule has 4 heteroatoms. The van der Waals surface area contributed by atoms with E-state index in [4.69, 9.17) is 0 Å². The number of hydrogen-bond acceptors (Lipinski definition) is 3. The summed E-state index contributed by atoms with van der Waals surface area (Å²) in [4.78, 5) is 0. The van der Waals surface area contributed by atoms with E-state index in [0.717, 1.165) is 0 Å². The van der Waals surface area contributed by atoms with E-state index in [2.05, 4.69) is 19.7 Å². The van der Waals surface area contributed by atoms with Crippen molar-refractivity contribution in [1.29, 1.82) is 0 Å². The maximum Gasteiger partial charge on any atom is 0.280 e. The molecule has 0 aliphatic rings. The van der Waals surface area contributed by atoms with Gasteiger partial charge in [0.25, 0.3) is 6.23 Å². The molecule has 0 saturated heterocycles. The molecule has 0 amide bonds. The summed E-state index contributed by atoms with van der Waals surface area (Å²) in [5.41, 5.74) is 0.813. The number of rotatable bonds is 6. The summed E-state index contributed by atoms with van der Waals surface area (Å²) in [6.07, 6.45) is 2.65. The van der Waals surface area contributed by atoms with Gasteiger partial charge in [-0.2, -0.15) is 4.57 Å². The Labute approximate surface area is 106 Å². The lowest BCUT2D eigenvalue weighted by Crippen LogP contribution is -2.44. The summed E-state index contributed by atoms with van der Waals surface area (Å²) in [7, 11) is 0. The number of pyridine rings is 1. The quantitative estimate of drug-likeness (QED) is 0.521. The van der Waals surface area contributed by atoms with Crippen molar-refractivity contribution in [2.45, 2.75) is 18.4 Å². The van der Waals surface area contributed by atoms with Gasteiger partial charge in [-0.15, -0.1) is 6.58 Å². The minimum absolute atomic E-state index is 0.354. The Morgan fingerprint density at radius 1 is 1.00 bits per heavy atom. The van der Waals surface area contributed by atoms with Crippen LogP contribution in [0.3, 0.4) is 0 Å². The Hall–Kier alpha value is -1.75. The van der Waals surface area contributed by atoms with Gasteiger partial charge in [0.1, 0.15) is 6.10 Å². The molecule has 1 rings (SSSR count). The van der Waals surface area contributed by atoms with Crippen LogP contribution in [0.2, 0.25) is 0 Å². The summed E-state index contributed by atoms with van der Waals surface area (Å²) in [5, 5.41) is 29.6. The van der Waals surface area contributed by atoms with Gasteiger partial charge in [0.2, 0.25) is 5.69 Å². The Morgan fingerprint density at radius 3 is 2.11 bits per heavy atom. The first-order valence-corrected chi connectivity index (χ1v) is 5.52. The summed E-state index contributed by atoms with van der Waals surface area (Å²) in [6.45, 7) is 10.5. The number of aliphatic hydroxyl groups is 3. The zero-order chi connectivity index (χ0) is 13.7. The lowest BCUT2D eigenvalue weighted by molar-refractivity contribution is -0.756. The third kappa shape index (κ3) is 2.73. The predicted molar refractivity (Wildman–Crippen MR) is 68.4 cm³/mol. The van der Waals surface area contributed by atoms with E-state index in [1.165, 1.54) is 22.8 Å². The van der Waals surface area contributed by atoms with Gasteiger partial charge < -0.3 is 15.3 Å². The van der Waals surface area contributed by atoms with Crippen LogP contribution in [-0.2, 0) is 0 Å². The van der Waals surface area contributed by atoms with Crippen LogP contribution in [0.1, 0.15) is 29.7 Å². The summed E-state index contributed by atoms with van der Waals surface area (Å²) in [6, 6.07) is 3.31. The fourth-order valence-corrected chi connectivity index (χ4v) is 1.71. The van der Waals surface area contributed by atoms with Gasteiger partial charge >= 0.3 is 0 Å². The third-order valence-corrected chi connectivity index (χ3v) is 2.64. The second-order valence-electron chi connectivity index (χ2n) is 3.77. The van der Waals surface area contributed by atoms with Gasteiger partial charge in [-0.1, -0.05) is 25.3 Å². The maximum atomic E-state index is 9.95. The Kier molecular flexibility index (Phi) is 4.97. The molecule has 0 radical (unpaired) electrons. The number of aliphatic hydroxyl groups excluding tert-OH is 3. The zero-order valence-electron chi connectivity index (χ0n) is 10.1. The van der Waals surface area contributed by atoms with E-state index >= 15 is 0 Å². The van der Waals surface area contributed by atoms with Crippen LogP contribution >= 0.6 is 0 Å². The summed E-state index contributed by atoms with van der Waals surface area (Å²) >= 11 is 0. The first kappa shape index (κ1) is 14.3. The van der Waals surface area contributed by atoms with Crippen molar-refractivity contribution in [2.24, 2.45) is 0 Å². The highest BCUT2D eigenvalue weighted by Crippen LogP contribution is 2.23. The fourth-order valence-electron chi connectivity index (χ4n) is 1.71. The van der Waals surface area contributed by atoms with E-state index in [1.807, 2.05) is 0 Å². The van der Waals surface area contributed by atoms with Crippen LogP contribution in [0.4, 0.5) is 0 Å². The van der Waals surface area contributed by atoms with E-state index in [9.17, 15) is 15.3 Å². The smallest absolute Gasteiger partial charge is 0.280 e. The highest BCUT2D eigenvalue weighted by molar-refractivity contribution is 5.25. The van der Waals surface area contributed by atoms with Crippen molar-refractivity contribution in [3.63, 3.8) is 0 Å². The Morgan fingerprint density at radius 2 is 1.61 bits per heavy atom. The summed E-state index contributed by atoms with van der Waals surface area (Å²) in [5.74, 6) is 0. The molecule has 3 N–H and O–H groups in total. The minimum Gasteiger partial charge on any atom is -0.384 e. The Bertz CT molecular complexity index is 424. The van der Waals surface area contributed by atoms with Crippen molar-refractivity contribution in [3.05, 3.63) is 67.6 Å². The second kappa shape index (κ2) is 6.26. The van der Waals surface area contributed by atoms with Gasteiger partial charge in [-0.05, 0) is 6.07 Å². The third-order valence-electron chi connectivity index (χ3n) is 2.64. The van der Waals surface area contributed by atoms with Crippen LogP contribution < -0.4 is 4.57 Å². The number of nitrogens with zero attached hydrogens (tertiary/aromatic N) is 1. The van der Waals surface area contributed by atoms with Crippen molar-refractivity contribution in [3.8, 4) is 0 Å². The first-order valence-electron chi connectivity index (χ1n) is 5.52. The molecule has 1 aromatic heterocycles. The molecule has 0 saturated carbocycles. The lowest BCUT2D eigenvalue weighted by atomic mass is 10.0. The minimum atomic E-state index is -1.01. The molecule has 3 unspecified atom stereocenters. The monoisotopic (exact) mass is 248 g/mol. The van der Waals surface area contributed by atoms with E-state index < -0.39 is 18.4 Å². The van der Waals surface area contributed by atoms with Crippen molar-refractivity contribution >= 4 is 0 Å². The first-order chi connectivity index (χ1) is 8.56. The van der Waals surface area contributed by atoms with Crippen molar-refractivity contribution in [2.75, 3.05) is 0 Å². The molecule has 0 aromatic carbocycles. The van der Waals surface area contributed by atoms with Crippen molar-refractivity contribution in [1.82, 2.24) is 0 Å². The lowest BCUT2D eigenvalue weighted by Gasteiger charge is -2.15. The van der Waals surface area contributed by atoms with E-state index in [1.54, 1.807) is 18.3 Å². The van der Waals surface area contributed by atoms with Crippen LogP contribution in [0.15, 0.2) is 56.3 Å². The second-order valence-corrected chi connectivity index (χ2v) is 3.77. The highest BCUT2D eigenvalue weighted by atomic mass is 16.3. The van der Waals surface area contributed by atoms with Crippen LogP contribution in [0.5, 0.6) is 0 Å². The van der Waals surface area contributed by atoms with Gasteiger partial charge in [0.05, 0.1) is 5.56 Å². The molecule has 1 heterocycles.